The number of hydrogen-bond acceptors (Lipinski definition) is 5. The van der Waals surface area contributed by atoms with E-state index in [9.17, 15) is 4.79 Å². The second kappa shape index (κ2) is 8.38. The zero-order chi connectivity index (χ0) is 18.6. The van der Waals surface area contributed by atoms with Crippen LogP contribution in [0.15, 0.2) is 29.4 Å². The van der Waals surface area contributed by atoms with Crippen LogP contribution in [0.1, 0.15) is 29.9 Å². The molecular formula is C16H15Cl3N4O2. The number of amides is 1. The van der Waals surface area contributed by atoms with Crippen LogP contribution >= 0.6 is 34.8 Å². The summed E-state index contributed by atoms with van der Waals surface area (Å²) in [7, 11) is 0. The number of rotatable bonds is 5. The van der Waals surface area contributed by atoms with E-state index in [4.69, 9.17) is 45.3 Å². The number of carbonyl (C=O) groups excluding carboxylic acids is 1. The molecule has 3 N–H and O–H groups in total. The summed E-state index contributed by atoms with van der Waals surface area (Å²) in [5.41, 5.74) is 8.51. The van der Waals surface area contributed by atoms with E-state index in [1.54, 1.807) is 12.1 Å². The van der Waals surface area contributed by atoms with Gasteiger partial charge < -0.3 is 10.5 Å². The maximum absolute atomic E-state index is 12.2. The molecule has 0 aliphatic carbocycles. The van der Waals surface area contributed by atoms with Gasteiger partial charge in [0.2, 0.25) is 0 Å². The summed E-state index contributed by atoms with van der Waals surface area (Å²) in [4.78, 5) is 16.0. The Morgan fingerprint density at radius 3 is 2.64 bits per heavy atom. The first-order valence-electron chi connectivity index (χ1n) is 7.20. The van der Waals surface area contributed by atoms with Crippen LogP contribution in [-0.2, 0) is 0 Å². The fourth-order valence-corrected chi connectivity index (χ4v) is 2.44. The smallest absolute Gasteiger partial charge is 0.291 e. The predicted octanol–water partition coefficient (Wildman–Crippen LogP) is 4.18. The molecule has 0 saturated carbocycles. The van der Waals surface area contributed by atoms with Gasteiger partial charge >= 0.3 is 0 Å². The Morgan fingerprint density at radius 2 is 1.96 bits per heavy atom. The van der Waals surface area contributed by atoms with Crippen LogP contribution < -0.4 is 15.9 Å². The number of halogens is 3. The van der Waals surface area contributed by atoms with Gasteiger partial charge in [-0.1, -0.05) is 46.9 Å². The van der Waals surface area contributed by atoms with E-state index >= 15 is 0 Å². The van der Waals surface area contributed by atoms with Gasteiger partial charge in [-0.3, -0.25) is 4.79 Å². The second-order valence-corrected chi connectivity index (χ2v) is 6.31. The van der Waals surface area contributed by atoms with Gasteiger partial charge in [-0.15, -0.1) is 0 Å². The molecular weight excluding hydrogens is 387 g/mol. The van der Waals surface area contributed by atoms with Crippen molar-refractivity contribution >= 4 is 52.6 Å². The van der Waals surface area contributed by atoms with Crippen molar-refractivity contribution in [1.82, 2.24) is 10.4 Å². The van der Waals surface area contributed by atoms with E-state index in [1.807, 2.05) is 26.0 Å². The molecule has 9 heteroatoms. The average molecular weight is 402 g/mol. The summed E-state index contributed by atoms with van der Waals surface area (Å²) < 4.78 is 5.67. The maximum Gasteiger partial charge on any atom is 0.291 e. The number of nitrogens with one attached hydrogen (secondary N) is 1. The summed E-state index contributed by atoms with van der Waals surface area (Å²) in [5.74, 6) is -0.0285. The lowest BCUT2D eigenvalue weighted by Crippen LogP contribution is -2.20. The summed E-state index contributed by atoms with van der Waals surface area (Å²) >= 11 is 17.6. The molecule has 2 rings (SSSR count). The quantitative estimate of drug-likeness (QED) is 0.447. The molecule has 1 aromatic carbocycles. The first-order chi connectivity index (χ1) is 11.8. The highest BCUT2D eigenvalue weighted by Crippen LogP contribution is 2.34. The van der Waals surface area contributed by atoms with Crippen molar-refractivity contribution in [2.75, 3.05) is 5.73 Å². The van der Waals surface area contributed by atoms with Crippen LogP contribution in [0.2, 0.25) is 15.2 Å². The second-order valence-electron chi connectivity index (χ2n) is 5.20. The van der Waals surface area contributed by atoms with Gasteiger partial charge in [0.25, 0.3) is 5.91 Å². The van der Waals surface area contributed by atoms with Crippen molar-refractivity contribution in [1.29, 1.82) is 0 Å². The zero-order valence-electron chi connectivity index (χ0n) is 13.4. The van der Waals surface area contributed by atoms with Gasteiger partial charge in [0, 0.05) is 5.56 Å². The number of nitrogens with two attached hydrogens (primary N) is 1. The average Bonchev–Trinajstić information content (AvgIpc) is 2.57. The van der Waals surface area contributed by atoms with Crippen LogP contribution in [0, 0.1) is 0 Å². The molecule has 1 aromatic heterocycles. The van der Waals surface area contributed by atoms with Gasteiger partial charge in [0.05, 0.1) is 23.0 Å². The Balaban J connectivity index is 2.17. The highest BCUT2D eigenvalue weighted by molar-refractivity contribution is 6.46. The molecule has 0 aliphatic heterocycles. The third kappa shape index (κ3) is 4.75. The first kappa shape index (κ1) is 19.3. The SMILES string of the molecule is CC(C)Oc1ccccc1/C=N/NC(=O)c1nc(Cl)c(Cl)c(N)c1Cl. The maximum atomic E-state index is 12.2. The molecule has 0 atom stereocenters. The van der Waals surface area contributed by atoms with E-state index < -0.39 is 5.91 Å². The number of pyridine rings is 1. The van der Waals surface area contributed by atoms with Crippen molar-refractivity contribution in [2.45, 2.75) is 20.0 Å². The van der Waals surface area contributed by atoms with Crippen LogP contribution in [0.3, 0.4) is 0 Å². The number of para-hydroxylation sites is 1. The molecule has 0 fully saturated rings. The molecule has 0 spiro atoms. The van der Waals surface area contributed by atoms with Crippen LogP contribution in [0.25, 0.3) is 0 Å². The van der Waals surface area contributed by atoms with Gasteiger partial charge in [0.15, 0.2) is 10.8 Å². The Bertz CT molecular complexity index is 825. The molecule has 0 bridgehead atoms. The lowest BCUT2D eigenvalue weighted by molar-refractivity contribution is 0.0950. The summed E-state index contributed by atoms with van der Waals surface area (Å²) in [6.07, 6.45) is 1.45. The molecule has 25 heavy (non-hydrogen) atoms. The topological polar surface area (TPSA) is 89.6 Å². The Labute approximate surface area is 159 Å². The number of anilines is 1. The fraction of sp³-hybridized carbons (Fsp3) is 0.188. The predicted molar refractivity (Wildman–Crippen MR) is 101 cm³/mol. The van der Waals surface area contributed by atoms with Gasteiger partial charge in [-0.25, -0.2) is 10.4 Å². The van der Waals surface area contributed by atoms with E-state index in [-0.39, 0.29) is 32.7 Å². The molecule has 6 nitrogen and oxygen atoms in total. The summed E-state index contributed by atoms with van der Waals surface area (Å²) in [5, 5.41) is 3.67. The van der Waals surface area contributed by atoms with Crippen molar-refractivity contribution in [3.63, 3.8) is 0 Å². The number of hydrogen-bond donors (Lipinski definition) is 2. The van der Waals surface area contributed by atoms with Crippen molar-refractivity contribution < 1.29 is 9.53 Å². The molecule has 0 saturated heterocycles. The van der Waals surface area contributed by atoms with E-state index in [2.05, 4.69) is 15.5 Å². The highest BCUT2D eigenvalue weighted by atomic mass is 35.5. The lowest BCUT2D eigenvalue weighted by atomic mass is 10.2. The van der Waals surface area contributed by atoms with E-state index in [0.717, 1.165) is 0 Å². The Hall–Kier alpha value is -2.02. The third-order valence-electron chi connectivity index (χ3n) is 2.94. The monoisotopic (exact) mass is 400 g/mol. The van der Waals surface area contributed by atoms with Crippen LogP contribution in [0.5, 0.6) is 5.75 Å². The minimum atomic E-state index is -0.672. The largest absolute Gasteiger partial charge is 0.490 e. The van der Waals surface area contributed by atoms with Crippen molar-refractivity contribution in [3.8, 4) is 5.75 Å². The number of ether oxygens (including phenoxy) is 1. The van der Waals surface area contributed by atoms with Crippen LogP contribution in [0.4, 0.5) is 5.69 Å². The van der Waals surface area contributed by atoms with E-state index in [1.165, 1.54) is 6.21 Å². The minimum Gasteiger partial charge on any atom is -0.490 e. The van der Waals surface area contributed by atoms with Gasteiger partial charge in [-0.2, -0.15) is 5.10 Å². The Morgan fingerprint density at radius 1 is 1.28 bits per heavy atom. The van der Waals surface area contributed by atoms with Crippen LogP contribution in [-0.4, -0.2) is 23.2 Å². The molecule has 1 amide bonds. The molecule has 132 valence electrons. The third-order valence-corrected chi connectivity index (χ3v) is 4.07. The standard InChI is InChI=1S/C16H15Cl3N4O2/c1-8(2)25-10-6-4-3-5-9(10)7-21-23-16(24)14-11(17)13(20)12(18)15(19)22-14/h3-8H,1-2H3,(H2,20,22)(H,23,24)/b21-7+. The molecule has 0 aliphatic rings. The van der Waals surface area contributed by atoms with Crippen molar-refractivity contribution in [2.24, 2.45) is 5.10 Å². The minimum absolute atomic E-state index is 0.00586. The number of nitrogens with zero attached hydrogens (tertiary/aromatic N) is 2. The van der Waals surface area contributed by atoms with Gasteiger partial charge in [-0.05, 0) is 26.0 Å². The normalized spacial score (nSPS) is 11.1. The Kier molecular flexibility index (Phi) is 6.47. The molecule has 0 radical (unpaired) electrons. The number of benzene rings is 1. The molecule has 1 heterocycles. The molecule has 0 unspecified atom stereocenters. The number of hydrazone groups is 1. The summed E-state index contributed by atoms with van der Waals surface area (Å²) in [6, 6.07) is 7.28. The highest BCUT2D eigenvalue weighted by Gasteiger charge is 2.19. The number of nitrogen functional groups attached to an aromatic ring is 1. The lowest BCUT2D eigenvalue weighted by Gasteiger charge is -2.11. The summed E-state index contributed by atoms with van der Waals surface area (Å²) in [6.45, 7) is 3.83. The number of aromatic nitrogens is 1. The molecule has 2 aromatic rings. The first-order valence-corrected chi connectivity index (χ1v) is 8.33. The van der Waals surface area contributed by atoms with E-state index in [0.29, 0.717) is 11.3 Å². The van der Waals surface area contributed by atoms with Crippen molar-refractivity contribution in [3.05, 3.63) is 50.7 Å². The zero-order valence-corrected chi connectivity index (χ0v) is 15.7. The van der Waals surface area contributed by atoms with Gasteiger partial charge in [0.1, 0.15) is 10.8 Å². The fourth-order valence-electron chi connectivity index (χ4n) is 1.84. The number of carbonyl (C=O) groups is 1.